The van der Waals surface area contributed by atoms with Crippen LogP contribution in [0.5, 0.6) is 5.75 Å². The number of aliphatic carboxylic acids is 1. The van der Waals surface area contributed by atoms with Gasteiger partial charge in [-0.2, -0.15) is 5.10 Å². The highest BCUT2D eigenvalue weighted by molar-refractivity contribution is 14.1. The van der Waals surface area contributed by atoms with Crippen molar-refractivity contribution in [2.45, 2.75) is 0 Å². The zero-order valence-corrected chi connectivity index (χ0v) is 14.1. The quantitative estimate of drug-likeness (QED) is 0.424. The summed E-state index contributed by atoms with van der Waals surface area (Å²) in [5.41, 5.74) is 3.71. The second-order valence-electron chi connectivity index (χ2n) is 4.46. The smallest absolute Gasteiger partial charge is 0.341 e. The molecule has 0 radical (unpaired) electrons. The first-order chi connectivity index (χ1) is 11.0. The van der Waals surface area contributed by atoms with Crippen molar-refractivity contribution in [3.63, 3.8) is 0 Å². The first-order valence-corrected chi connectivity index (χ1v) is 7.66. The molecule has 2 N–H and O–H groups in total. The summed E-state index contributed by atoms with van der Waals surface area (Å²) in [5.74, 6) is -0.875. The molecule has 0 unspecified atom stereocenters. The molecule has 0 aromatic heterocycles. The molecule has 0 saturated carbocycles. The number of carboxylic acids is 1. The number of hydrogen-bond acceptors (Lipinski definition) is 4. The van der Waals surface area contributed by atoms with Crippen molar-refractivity contribution in [3.05, 3.63) is 63.2 Å². The summed E-state index contributed by atoms with van der Waals surface area (Å²) >= 11 is 2.16. The van der Waals surface area contributed by atoms with E-state index in [2.05, 4.69) is 33.1 Å². The third-order valence-corrected chi connectivity index (χ3v) is 3.45. The van der Waals surface area contributed by atoms with Crippen LogP contribution < -0.4 is 10.2 Å². The van der Waals surface area contributed by atoms with Gasteiger partial charge in [0, 0.05) is 9.13 Å². The van der Waals surface area contributed by atoms with E-state index in [1.54, 1.807) is 36.4 Å². The van der Waals surface area contributed by atoms with Crippen molar-refractivity contribution in [1.82, 2.24) is 5.43 Å². The fourth-order valence-corrected chi connectivity index (χ4v) is 1.99. The van der Waals surface area contributed by atoms with E-state index in [0.29, 0.717) is 11.3 Å². The average Bonchev–Trinajstić information content (AvgIpc) is 2.54. The van der Waals surface area contributed by atoms with Crippen molar-refractivity contribution in [3.8, 4) is 5.75 Å². The molecule has 2 aromatic carbocycles. The molecular weight excluding hydrogens is 411 g/mol. The van der Waals surface area contributed by atoms with E-state index in [1.807, 2.05) is 12.1 Å². The Morgan fingerprint density at radius 2 is 1.78 bits per heavy atom. The van der Waals surface area contributed by atoms with Gasteiger partial charge in [0.2, 0.25) is 0 Å². The van der Waals surface area contributed by atoms with Gasteiger partial charge >= 0.3 is 5.97 Å². The largest absolute Gasteiger partial charge is 0.482 e. The molecule has 0 heterocycles. The Morgan fingerprint density at radius 1 is 1.13 bits per heavy atom. The molecule has 6 nitrogen and oxygen atoms in total. The number of carboxylic acid groups (broad SMARTS) is 1. The number of ether oxygens (including phenoxy) is 1. The Hall–Kier alpha value is -2.42. The molecule has 7 heteroatoms. The molecule has 1 amide bonds. The number of benzene rings is 2. The van der Waals surface area contributed by atoms with Crippen molar-refractivity contribution in [1.29, 1.82) is 0 Å². The normalized spacial score (nSPS) is 10.5. The second kappa shape index (κ2) is 8.28. The van der Waals surface area contributed by atoms with Crippen LogP contribution in [-0.4, -0.2) is 29.8 Å². The van der Waals surface area contributed by atoms with Gasteiger partial charge in [0.05, 0.1) is 6.21 Å². The number of amides is 1. The highest BCUT2D eigenvalue weighted by Crippen LogP contribution is 2.11. The summed E-state index contributed by atoms with van der Waals surface area (Å²) in [6, 6.07) is 13.8. The topological polar surface area (TPSA) is 88.0 Å². The molecule has 0 spiro atoms. The summed E-state index contributed by atoms with van der Waals surface area (Å²) < 4.78 is 6.07. The van der Waals surface area contributed by atoms with Crippen LogP contribution >= 0.6 is 22.6 Å². The van der Waals surface area contributed by atoms with E-state index in [4.69, 9.17) is 9.84 Å². The fraction of sp³-hybridized carbons (Fsp3) is 0.0625. The lowest BCUT2D eigenvalue weighted by molar-refractivity contribution is -0.139. The molecular formula is C16H13IN2O4. The van der Waals surface area contributed by atoms with E-state index < -0.39 is 5.97 Å². The number of rotatable bonds is 6. The molecule has 0 bridgehead atoms. The van der Waals surface area contributed by atoms with Gasteiger partial charge < -0.3 is 9.84 Å². The predicted molar refractivity (Wildman–Crippen MR) is 93.8 cm³/mol. The van der Waals surface area contributed by atoms with Crippen LogP contribution in [0.3, 0.4) is 0 Å². The standard InChI is InChI=1S/C16H13IN2O4/c17-13-5-3-12(4-6-13)16(22)19-18-9-11-1-7-14(8-2-11)23-10-15(20)21/h1-9H,10H2,(H,19,22)(H,20,21)/b18-9-. The minimum Gasteiger partial charge on any atom is -0.482 e. The maximum atomic E-state index is 11.8. The highest BCUT2D eigenvalue weighted by atomic mass is 127. The summed E-state index contributed by atoms with van der Waals surface area (Å²) in [6.45, 7) is -0.389. The summed E-state index contributed by atoms with van der Waals surface area (Å²) in [6.07, 6.45) is 1.49. The van der Waals surface area contributed by atoms with Crippen LogP contribution in [0.4, 0.5) is 0 Å². The molecule has 118 valence electrons. The van der Waals surface area contributed by atoms with Crippen LogP contribution in [-0.2, 0) is 4.79 Å². The molecule has 0 aliphatic heterocycles. The number of carbonyl (C=O) groups is 2. The van der Waals surface area contributed by atoms with Crippen LogP contribution in [0, 0.1) is 3.57 Å². The predicted octanol–water partition coefficient (Wildman–Crippen LogP) is 2.52. The Bertz CT molecular complexity index is 712. The van der Waals surface area contributed by atoms with E-state index in [9.17, 15) is 9.59 Å². The molecule has 0 aliphatic carbocycles. The first-order valence-electron chi connectivity index (χ1n) is 6.58. The maximum absolute atomic E-state index is 11.8. The minimum absolute atomic E-state index is 0.293. The third-order valence-electron chi connectivity index (χ3n) is 2.73. The number of halogens is 1. The van der Waals surface area contributed by atoms with Gasteiger partial charge in [0.1, 0.15) is 5.75 Å². The van der Waals surface area contributed by atoms with Gasteiger partial charge in [0.15, 0.2) is 6.61 Å². The van der Waals surface area contributed by atoms with E-state index >= 15 is 0 Å². The van der Waals surface area contributed by atoms with Gasteiger partial charge in [-0.05, 0) is 76.7 Å². The molecule has 0 atom stereocenters. The number of hydrogen-bond donors (Lipinski definition) is 2. The van der Waals surface area contributed by atoms with Gasteiger partial charge in [-0.15, -0.1) is 0 Å². The van der Waals surface area contributed by atoms with Crippen molar-refractivity contribution in [2.75, 3.05) is 6.61 Å². The van der Waals surface area contributed by atoms with Gasteiger partial charge in [-0.1, -0.05) is 0 Å². The summed E-state index contributed by atoms with van der Waals surface area (Å²) in [7, 11) is 0. The van der Waals surface area contributed by atoms with Crippen LogP contribution in [0.2, 0.25) is 0 Å². The third kappa shape index (κ3) is 5.70. The van der Waals surface area contributed by atoms with Crippen molar-refractivity contribution < 1.29 is 19.4 Å². The number of carbonyl (C=O) groups excluding carboxylic acids is 1. The fourth-order valence-electron chi connectivity index (χ4n) is 1.63. The molecule has 0 fully saturated rings. The Morgan fingerprint density at radius 3 is 2.39 bits per heavy atom. The summed E-state index contributed by atoms with van der Waals surface area (Å²) in [5, 5.41) is 12.4. The molecule has 2 rings (SSSR count). The van der Waals surface area contributed by atoms with Gasteiger partial charge in [-0.3, -0.25) is 4.79 Å². The van der Waals surface area contributed by atoms with Crippen LogP contribution in [0.25, 0.3) is 0 Å². The Balaban J connectivity index is 1.88. The molecule has 23 heavy (non-hydrogen) atoms. The van der Waals surface area contributed by atoms with Crippen LogP contribution in [0.1, 0.15) is 15.9 Å². The van der Waals surface area contributed by atoms with E-state index in [1.165, 1.54) is 6.21 Å². The lowest BCUT2D eigenvalue weighted by Gasteiger charge is -2.03. The summed E-state index contributed by atoms with van der Waals surface area (Å²) in [4.78, 5) is 22.2. The molecule has 2 aromatic rings. The number of nitrogens with zero attached hydrogens (tertiary/aromatic N) is 1. The zero-order chi connectivity index (χ0) is 16.7. The van der Waals surface area contributed by atoms with Gasteiger partial charge in [0.25, 0.3) is 5.91 Å². The van der Waals surface area contributed by atoms with Crippen LogP contribution in [0.15, 0.2) is 53.6 Å². The SMILES string of the molecule is O=C(O)COc1ccc(/C=N\NC(=O)c2ccc(I)cc2)cc1. The lowest BCUT2D eigenvalue weighted by atomic mass is 10.2. The Labute approximate surface area is 146 Å². The van der Waals surface area contributed by atoms with Gasteiger partial charge in [-0.25, -0.2) is 10.2 Å². The first kappa shape index (κ1) is 16.9. The number of hydrazone groups is 1. The zero-order valence-electron chi connectivity index (χ0n) is 11.9. The number of nitrogens with one attached hydrogen (secondary N) is 1. The van der Waals surface area contributed by atoms with Crippen molar-refractivity contribution in [2.24, 2.45) is 5.10 Å². The molecule has 0 aliphatic rings. The van der Waals surface area contributed by atoms with E-state index in [0.717, 1.165) is 9.13 Å². The van der Waals surface area contributed by atoms with E-state index in [-0.39, 0.29) is 12.5 Å². The second-order valence-corrected chi connectivity index (χ2v) is 5.70. The average molecular weight is 424 g/mol. The molecule has 0 saturated heterocycles. The lowest BCUT2D eigenvalue weighted by Crippen LogP contribution is -2.17. The minimum atomic E-state index is -1.03. The van der Waals surface area contributed by atoms with Crippen molar-refractivity contribution >= 4 is 40.7 Å². The maximum Gasteiger partial charge on any atom is 0.341 e. The highest BCUT2D eigenvalue weighted by Gasteiger charge is 2.03. The monoisotopic (exact) mass is 424 g/mol. The Kier molecular flexibility index (Phi) is 6.10.